The minimum atomic E-state index is -0.424. The fourth-order valence-corrected chi connectivity index (χ4v) is 2.64. The van der Waals surface area contributed by atoms with Crippen molar-refractivity contribution >= 4 is 28.7 Å². The smallest absolute Gasteiger partial charge is 0.320 e. The molecule has 0 radical (unpaired) electrons. The average Bonchev–Trinajstić information content (AvgIpc) is 3.05. The molecule has 0 saturated heterocycles. The number of aromatic nitrogens is 3. The Morgan fingerprint density at radius 1 is 1.26 bits per heavy atom. The highest BCUT2D eigenvalue weighted by molar-refractivity contribution is 5.91. The fraction of sp³-hybridized carbons (Fsp3) is 0.158. The molecular formula is C19H20N6O2. The maximum Gasteiger partial charge on any atom is 0.320 e. The number of benzene rings is 1. The van der Waals surface area contributed by atoms with E-state index in [1.54, 1.807) is 23.1 Å². The molecule has 3 amide bonds. The van der Waals surface area contributed by atoms with E-state index in [0.717, 1.165) is 16.5 Å². The predicted molar refractivity (Wildman–Crippen MR) is 103 cm³/mol. The van der Waals surface area contributed by atoms with Crippen LogP contribution in [0.1, 0.15) is 11.6 Å². The van der Waals surface area contributed by atoms with Gasteiger partial charge in [0.1, 0.15) is 5.82 Å². The Hall–Kier alpha value is -3.68. The second kappa shape index (κ2) is 8.13. The molecule has 3 rings (SSSR count). The highest BCUT2D eigenvalue weighted by Gasteiger charge is 2.16. The second-order valence-corrected chi connectivity index (χ2v) is 5.91. The highest BCUT2D eigenvalue weighted by atomic mass is 16.2. The van der Waals surface area contributed by atoms with Gasteiger partial charge < -0.3 is 10.6 Å². The zero-order valence-corrected chi connectivity index (χ0v) is 14.8. The number of fused-ring (bicyclic) bond motifs is 1. The first-order valence-corrected chi connectivity index (χ1v) is 8.37. The minimum Gasteiger partial charge on any atom is -0.350 e. The average molecular weight is 364 g/mol. The van der Waals surface area contributed by atoms with E-state index in [1.165, 1.54) is 6.08 Å². The lowest BCUT2D eigenvalue weighted by Gasteiger charge is -2.19. The van der Waals surface area contributed by atoms with E-state index in [0.29, 0.717) is 5.82 Å². The van der Waals surface area contributed by atoms with Gasteiger partial charge in [-0.2, -0.15) is 5.10 Å². The Morgan fingerprint density at radius 2 is 2.04 bits per heavy atom. The Bertz CT molecular complexity index is 967. The number of rotatable bonds is 6. The molecule has 0 fully saturated rings. The third-order valence-electron chi connectivity index (χ3n) is 4.05. The van der Waals surface area contributed by atoms with Crippen molar-refractivity contribution in [2.24, 2.45) is 7.05 Å². The van der Waals surface area contributed by atoms with Gasteiger partial charge in [-0.15, -0.1) is 0 Å². The normalized spacial score (nSPS) is 11.6. The van der Waals surface area contributed by atoms with Crippen LogP contribution in [0.2, 0.25) is 0 Å². The molecule has 0 aliphatic carbocycles. The summed E-state index contributed by atoms with van der Waals surface area (Å²) in [7, 11) is 1.83. The van der Waals surface area contributed by atoms with Crippen molar-refractivity contribution in [3.8, 4) is 0 Å². The van der Waals surface area contributed by atoms with Crippen molar-refractivity contribution in [3.63, 3.8) is 0 Å². The van der Waals surface area contributed by atoms with Crippen LogP contribution in [0.5, 0.6) is 0 Å². The summed E-state index contributed by atoms with van der Waals surface area (Å²) in [4.78, 5) is 28.1. The molecule has 1 aromatic carbocycles. The Morgan fingerprint density at radius 3 is 2.78 bits per heavy atom. The quantitative estimate of drug-likeness (QED) is 0.583. The number of hydrogen-bond donors (Lipinski definition) is 3. The van der Waals surface area contributed by atoms with Crippen molar-refractivity contribution in [2.75, 3.05) is 11.9 Å². The summed E-state index contributed by atoms with van der Waals surface area (Å²) < 4.78 is 1.71. The number of nitrogens with zero attached hydrogens (tertiary/aromatic N) is 3. The summed E-state index contributed by atoms with van der Waals surface area (Å²) in [6.07, 6.45) is 4.55. The number of carbonyl (C=O) groups is 2. The van der Waals surface area contributed by atoms with Crippen molar-refractivity contribution in [1.82, 2.24) is 25.4 Å². The summed E-state index contributed by atoms with van der Waals surface area (Å²) in [5.41, 5.74) is 1.74. The van der Waals surface area contributed by atoms with Gasteiger partial charge in [-0.3, -0.25) is 14.8 Å². The van der Waals surface area contributed by atoms with E-state index >= 15 is 0 Å². The number of carbonyl (C=O) groups excluding carboxylic acids is 2. The first-order valence-electron chi connectivity index (χ1n) is 8.37. The standard InChI is InChI=1S/C19H20N6O2/c1-3-18(26)21-11-15(13-7-5-4-6-8-13)23-19(27)24-17-9-14-10-22-25(2)16(14)12-20-17/h3-10,12,15H,1,11H2,2H3,(H,21,26)(H2,20,23,24,27). The van der Waals surface area contributed by atoms with Gasteiger partial charge in [-0.1, -0.05) is 36.9 Å². The first kappa shape index (κ1) is 18.1. The van der Waals surface area contributed by atoms with Gasteiger partial charge in [0.15, 0.2) is 0 Å². The van der Waals surface area contributed by atoms with Crippen LogP contribution in [0, 0.1) is 0 Å². The van der Waals surface area contributed by atoms with Gasteiger partial charge >= 0.3 is 6.03 Å². The summed E-state index contributed by atoms with van der Waals surface area (Å²) in [6.45, 7) is 3.66. The SMILES string of the molecule is C=CC(=O)NCC(NC(=O)Nc1cc2cnn(C)c2cn1)c1ccccc1. The molecule has 0 saturated carbocycles. The number of nitrogens with one attached hydrogen (secondary N) is 3. The molecule has 3 aromatic rings. The number of aryl methyl sites for hydroxylation is 1. The van der Waals surface area contributed by atoms with Crippen LogP contribution < -0.4 is 16.0 Å². The molecule has 8 nitrogen and oxygen atoms in total. The van der Waals surface area contributed by atoms with Gasteiger partial charge in [0.25, 0.3) is 0 Å². The third kappa shape index (κ3) is 4.49. The molecule has 3 N–H and O–H groups in total. The van der Waals surface area contributed by atoms with Gasteiger partial charge in [0.2, 0.25) is 5.91 Å². The van der Waals surface area contributed by atoms with E-state index in [9.17, 15) is 9.59 Å². The number of anilines is 1. The minimum absolute atomic E-state index is 0.233. The van der Waals surface area contributed by atoms with Crippen LogP contribution in [0.25, 0.3) is 10.9 Å². The van der Waals surface area contributed by atoms with E-state index < -0.39 is 12.1 Å². The lowest BCUT2D eigenvalue weighted by atomic mass is 10.1. The van der Waals surface area contributed by atoms with Gasteiger partial charge in [-0.05, 0) is 17.7 Å². The molecule has 0 spiro atoms. The molecule has 27 heavy (non-hydrogen) atoms. The van der Waals surface area contributed by atoms with E-state index in [4.69, 9.17) is 0 Å². The maximum atomic E-state index is 12.4. The predicted octanol–water partition coefficient (Wildman–Crippen LogP) is 2.13. The Balaban J connectivity index is 1.70. The molecule has 0 aliphatic rings. The third-order valence-corrected chi connectivity index (χ3v) is 4.05. The van der Waals surface area contributed by atoms with Crippen LogP contribution in [-0.2, 0) is 11.8 Å². The Kier molecular flexibility index (Phi) is 5.46. The molecular weight excluding hydrogens is 344 g/mol. The molecule has 8 heteroatoms. The molecule has 1 atom stereocenters. The van der Waals surface area contributed by atoms with Crippen LogP contribution in [0.15, 0.2) is 61.4 Å². The molecule has 0 aliphatic heterocycles. The zero-order valence-electron chi connectivity index (χ0n) is 14.8. The van der Waals surface area contributed by atoms with Crippen LogP contribution >= 0.6 is 0 Å². The summed E-state index contributed by atoms with van der Waals surface area (Å²) in [6, 6.07) is 10.3. The zero-order chi connectivity index (χ0) is 19.2. The molecule has 0 bridgehead atoms. The van der Waals surface area contributed by atoms with E-state index in [2.05, 4.69) is 32.6 Å². The van der Waals surface area contributed by atoms with Crippen LogP contribution in [0.3, 0.4) is 0 Å². The van der Waals surface area contributed by atoms with Crippen molar-refractivity contribution < 1.29 is 9.59 Å². The monoisotopic (exact) mass is 364 g/mol. The maximum absolute atomic E-state index is 12.4. The van der Waals surface area contributed by atoms with Gasteiger partial charge in [0.05, 0.1) is 24.0 Å². The molecule has 1 unspecified atom stereocenters. The topological polar surface area (TPSA) is 101 Å². The van der Waals surface area contributed by atoms with Crippen molar-refractivity contribution in [1.29, 1.82) is 0 Å². The van der Waals surface area contributed by atoms with Crippen LogP contribution in [-0.4, -0.2) is 33.2 Å². The Labute approximate surface area is 156 Å². The fourth-order valence-electron chi connectivity index (χ4n) is 2.64. The van der Waals surface area contributed by atoms with Crippen LogP contribution in [0.4, 0.5) is 10.6 Å². The lowest BCUT2D eigenvalue weighted by molar-refractivity contribution is -0.116. The first-order chi connectivity index (χ1) is 13.1. The number of hydrogen-bond acceptors (Lipinski definition) is 4. The van der Waals surface area contributed by atoms with Gasteiger partial charge in [0, 0.05) is 19.0 Å². The lowest BCUT2D eigenvalue weighted by Crippen LogP contribution is -2.39. The summed E-state index contributed by atoms with van der Waals surface area (Å²) >= 11 is 0. The second-order valence-electron chi connectivity index (χ2n) is 5.91. The highest BCUT2D eigenvalue weighted by Crippen LogP contribution is 2.16. The number of amides is 3. The van der Waals surface area contributed by atoms with E-state index in [1.807, 2.05) is 37.4 Å². The number of urea groups is 1. The largest absolute Gasteiger partial charge is 0.350 e. The van der Waals surface area contributed by atoms with Crippen molar-refractivity contribution in [2.45, 2.75) is 6.04 Å². The van der Waals surface area contributed by atoms with E-state index in [-0.39, 0.29) is 12.5 Å². The summed E-state index contributed by atoms with van der Waals surface area (Å²) in [5, 5.41) is 13.3. The molecule has 138 valence electrons. The van der Waals surface area contributed by atoms with Gasteiger partial charge in [-0.25, -0.2) is 9.78 Å². The number of pyridine rings is 1. The van der Waals surface area contributed by atoms with Crippen molar-refractivity contribution in [3.05, 3.63) is 67.0 Å². The molecule has 2 aromatic heterocycles. The summed E-state index contributed by atoms with van der Waals surface area (Å²) in [5.74, 6) is 0.108. The molecule has 2 heterocycles.